The summed E-state index contributed by atoms with van der Waals surface area (Å²) in [5.41, 5.74) is -0.00463. The van der Waals surface area contributed by atoms with Gasteiger partial charge in [0.1, 0.15) is 0 Å². The van der Waals surface area contributed by atoms with Crippen LogP contribution in [0.25, 0.3) is 0 Å². The molecule has 1 heterocycles. The summed E-state index contributed by atoms with van der Waals surface area (Å²) in [7, 11) is 0. The van der Waals surface area contributed by atoms with Crippen molar-refractivity contribution in [1.82, 2.24) is 4.37 Å². The van der Waals surface area contributed by atoms with Gasteiger partial charge in [-0.05, 0) is 5.88 Å². The van der Waals surface area contributed by atoms with Crippen LogP contribution < -0.4 is 64.2 Å². The first-order valence-electron chi connectivity index (χ1n) is 1.99. The normalized spacial score (nSPS) is 7.18. The van der Waals surface area contributed by atoms with Gasteiger partial charge < -0.3 is 22.1 Å². The van der Waals surface area contributed by atoms with Gasteiger partial charge in [-0.25, -0.2) is 0 Å². The fourth-order valence-electron chi connectivity index (χ4n) is 0.355. The molecule has 0 unspecified atom stereocenters. The summed E-state index contributed by atoms with van der Waals surface area (Å²) in [4.78, 5) is 0. The molecule has 0 aliphatic heterocycles. The summed E-state index contributed by atoms with van der Waals surface area (Å²) in [6.07, 6.45) is 0. The molecule has 0 fully saturated rings. The van der Waals surface area contributed by atoms with E-state index in [0.717, 1.165) is 11.5 Å². The van der Waals surface area contributed by atoms with E-state index in [9.17, 15) is 5.11 Å². The van der Waals surface area contributed by atoms with E-state index in [1.165, 1.54) is 0 Å². The van der Waals surface area contributed by atoms with Crippen molar-refractivity contribution in [3.05, 3.63) is 5.56 Å². The Bertz CT molecular complexity index is 250. The van der Waals surface area contributed by atoms with Gasteiger partial charge in [0.25, 0.3) is 0 Å². The van der Waals surface area contributed by atoms with Gasteiger partial charge in [-0.2, -0.15) is 5.26 Å². The molecule has 0 aliphatic rings. The molecule has 1 aromatic rings. The smallest absolute Gasteiger partial charge is 0.858 e. The second-order valence-electron chi connectivity index (χ2n) is 1.26. The molecular weight excluding hydrogens is 202 g/mol. The van der Waals surface area contributed by atoms with Crippen molar-refractivity contribution in [2.45, 2.75) is 4.21 Å². The molecule has 1 rings (SSSR count). The number of nitrogens with zero attached hydrogens (tertiary/aromatic N) is 2. The van der Waals surface area contributed by atoms with E-state index in [4.69, 9.17) is 5.26 Å². The maximum Gasteiger partial charge on any atom is 1.00 e. The van der Waals surface area contributed by atoms with E-state index in [1.54, 1.807) is 6.07 Å². The van der Waals surface area contributed by atoms with Crippen molar-refractivity contribution in [3.8, 4) is 11.9 Å². The van der Waals surface area contributed by atoms with Crippen LogP contribution in [0.15, 0.2) is 4.21 Å². The Morgan fingerprint density at radius 2 is 2.09 bits per heavy atom. The molecule has 3 nitrogen and oxygen atoms in total. The van der Waals surface area contributed by atoms with Crippen LogP contribution >= 0.6 is 11.5 Å². The van der Waals surface area contributed by atoms with Crippen LogP contribution in [0.1, 0.15) is 5.56 Å². The van der Waals surface area contributed by atoms with Gasteiger partial charge >= 0.3 is 59.1 Å². The molecule has 0 saturated heterocycles. The Hall–Kier alpha value is 1.14. The monoisotopic (exact) mass is 202 g/mol. The van der Waals surface area contributed by atoms with Gasteiger partial charge in [0.2, 0.25) is 0 Å². The summed E-state index contributed by atoms with van der Waals surface area (Å²) < 4.78 is 3.63. The first kappa shape index (κ1) is 14.7. The summed E-state index contributed by atoms with van der Waals surface area (Å²) in [6, 6.07) is 1.67. The fraction of sp³-hybridized carbons (Fsp3) is 0. The number of aromatic nitrogens is 1. The number of hydrogen-bond donors (Lipinski definition) is 0. The summed E-state index contributed by atoms with van der Waals surface area (Å²) in [5.74, 6) is -0.507. The third kappa shape index (κ3) is 3.57. The number of hydrogen-bond acceptors (Lipinski definition) is 5. The minimum atomic E-state index is -0.507. The van der Waals surface area contributed by atoms with Crippen LogP contribution in [0.2, 0.25) is 0 Å². The summed E-state index contributed by atoms with van der Waals surface area (Å²) in [5, 5.41) is 18.7. The maximum absolute atomic E-state index is 10.5. The standard InChI is InChI=1S/C4H2N2OS2.2Na/c5-1-2-3(7)6-9-4(2)8;;/h8H,(H,6,7);;/q;2*+1/p-2. The van der Waals surface area contributed by atoms with E-state index < -0.39 is 5.88 Å². The van der Waals surface area contributed by atoms with Gasteiger partial charge in [-0.1, -0.05) is 4.21 Å². The fourth-order valence-corrected chi connectivity index (χ4v) is 1.08. The van der Waals surface area contributed by atoms with Crippen LogP contribution in [-0.2, 0) is 12.6 Å². The molecule has 7 heteroatoms. The average Bonchev–Trinajstić information content (AvgIpc) is 2.12. The molecule has 0 saturated carbocycles. The van der Waals surface area contributed by atoms with Crippen LogP contribution in [0, 0.1) is 11.3 Å². The molecule has 0 bridgehead atoms. The van der Waals surface area contributed by atoms with Gasteiger partial charge in [0, 0.05) is 0 Å². The van der Waals surface area contributed by atoms with E-state index in [-0.39, 0.29) is 68.9 Å². The van der Waals surface area contributed by atoms with Crippen molar-refractivity contribution in [2.75, 3.05) is 0 Å². The topological polar surface area (TPSA) is 59.7 Å². The molecule has 0 aromatic carbocycles. The third-order valence-corrected chi connectivity index (χ3v) is 1.80. The van der Waals surface area contributed by atoms with Crippen molar-refractivity contribution in [2.24, 2.45) is 0 Å². The molecule has 46 valence electrons. The quantitative estimate of drug-likeness (QED) is 0.310. The molecule has 0 atom stereocenters. The second-order valence-corrected chi connectivity index (χ2v) is 2.70. The maximum atomic E-state index is 10.5. The Morgan fingerprint density at radius 3 is 2.27 bits per heavy atom. The predicted molar refractivity (Wildman–Crippen MR) is 31.9 cm³/mol. The molecular formula is C4N2Na2OS2. The molecule has 0 spiro atoms. The van der Waals surface area contributed by atoms with Crippen molar-refractivity contribution in [1.29, 1.82) is 5.26 Å². The summed E-state index contributed by atoms with van der Waals surface area (Å²) >= 11 is 5.49. The van der Waals surface area contributed by atoms with Crippen molar-refractivity contribution in [3.63, 3.8) is 0 Å². The number of rotatable bonds is 0. The van der Waals surface area contributed by atoms with Gasteiger partial charge in [-0.15, -0.1) is 0 Å². The van der Waals surface area contributed by atoms with E-state index in [1.807, 2.05) is 0 Å². The number of nitriles is 1. The first-order valence-corrected chi connectivity index (χ1v) is 3.17. The molecule has 0 aliphatic carbocycles. The van der Waals surface area contributed by atoms with Gasteiger partial charge in [0.05, 0.1) is 11.6 Å². The van der Waals surface area contributed by atoms with Crippen molar-refractivity contribution < 1.29 is 64.2 Å². The van der Waals surface area contributed by atoms with Crippen LogP contribution in [0.5, 0.6) is 5.88 Å². The van der Waals surface area contributed by atoms with E-state index >= 15 is 0 Å². The Kier molecular flexibility index (Phi) is 8.84. The average molecular weight is 202 g/mol. The second kappa shape index (κ2) is 6.63. The third-order valence-electron chi connectivity index (χ3n) is 0.741. The first-order chi connectivity index (χ1) is 4.25. The van der Waals surface area contributed by atoms with Crippen LogP contribution in [0.4, 0.5) is 0 Å². The van der Waals surface area contributed by atoms with E-state index in [2.05, 4.69) is 17.0 Å². The largest absolute Gasteiger partial charge is 1.00 e. The SMILES string of the molecule is N#Cc1c([O-])nsc1[S-].[Na+].[Na+]. The zero-order valence-corrected chi connectivity index (χ0v) is 11.8. The molecule has 0 amide bonds. The minimum Gasteiger partial charge on any atom is -0.858 e. The Balaban J connectivity index is 0. The predicted octanol–water partition coefficient (Wildman–Crippen LogP) is -6.00. The molecule has 0 radical (unpaired) electrons. The molecule has 11 heavy (non-hydrogen) atoms. The molecule has 1 aromatic heterocycles. The zero-order chi connectivity index (χ0) is 6.85. The van der Waals surface area contributed by atoms with Crippen LogP contribution in [-0.4, -0.2) is 4.37 Å². The summed E-state index contributed by atoms with van der Waals surface area (Å²) in [6.45, 7) is 0. The van der Waals surface area contributed by atoms with E-state index in [0.29, 0.717) is 0 Å². The van der Waals surface area contributed by atoms with Crippen molar-refractivity contribution >= 4 is 24.2 Å². The minimum absolute atomic E-state index is 0. The van der Waals surface area contributed by atoms with Gasteiger partial charge in [0.15, 0.2) is 0 Å². The Morgan fingerprint density at radius 1 is 1.55 bits per heavy atom. The van der Waals surface area contributed by atoms with Crippen LogP contribution in [0.3, 0.4) is 0 Å². The zero-order valence-electron chi connectivity index (χ0n) is 6.12. The molecule has 0 N–H and O–H groups in total. The Labute approximate surface area is 118 Å². The van der Waals surface area contributed by atoms with Gasteiger partial charge in [-0.3, -0.25) is 11.5 Å².